The van der Waals surface area contributed by atoms with Crippen LogP contribution < -0.4 is 5.73 Å². The summed E-state index contributed by atoms with van der Waals surface area (Å²) < 4.78 is 0. The van der Waals surface area contributed by atoms with Gasteiger partial charge in [-0.05, 0) is 68.6 Å². The molecule has 2 aliphatic heterocycles. The van der Waals surface area contributed by atoms with Crippen molar-refractivity contribution in [1.82, 2.24) is 19.8 Å². The minimum atomic E-state index is 0.0991. The lowest BCUT2D eigenvalue weighted by Crippen LogP contribution is -2.46. The SMILES string of the molecule is CO/N=C(/c1cccc(Cl)n1)C1CCN(C(=O)C2CCN(Cc3ccnc(N)c3)CC2)CC1. The molecule has 0 spiro atoms. The van der Waals surface area contributed by atoms with Crippen LogP contribution in [0.5, 0.6) is 0 Å². The predicted octanol–water partition coefficient (Wildman–Crippen LogP) is 3.21. The number of hydrogen-bond acceptors (Lipinski definition) is 7. The molecule has 0 saturated carbocycles. The molecule has 2 fully saturated rings. The first-order chi connectivity index (χ1) is 16.0. The fraction of sp³-hybridized carbons (Fsp3) is 0.500. The first kappa shape index (κ1) is 23.4. The number of anilines is 1. The molecule has 0 bridgehead atoms. The van der Waals surface area contributed by atoms with E-state index in [2.05, 4.69) is 20.0 Å². The van der Waals surface area contributed by atoms with E-state index in [-0.39, 0.29) is 17.7 Å². The molecule has 4 rings (SSSR count). The van der Waals surface area contributed by atoms with Crippen LogP contribution in [0, 0.1) is 11.8 Å². The van der Waals surface area contributed by atoms with E-state index in [1.54, 1.807) is 19.4 Å². The number of pyridine rings is 2. The first-order valence-corrected chi connectivity index (χ1v) is 11.9. The van der Waals surface area contributed by atoms with Gasteiger partial charge >= 0.3 is 0 Å². The van der Waals surface area contributed by atoms with Crippen molar-refractivity contribution in [2.45, 2.75) is 32.2 Å². The van der Waals surface area contributed by atoms with Crippen molar-refractivity contribution in [2.75, 3.05) is 39.0 Å². The fourth-order valence-corrected chi connectivity index (χ4v) is 4.96. The van der Waals surface area contributed by atoms with Crippen molar-refractivity contribution in [3.8, 4) is 0 Å². The highest BCUT2D eigenvalue weighted by Gasteiger charge is 2.32. The van der Waals surface area contributed by atoms with Gasteiger partial charge in [0.15, 0.2) is 0 Å². The Hall–Kier alpha value is -2.71. The molecule has 33 heavy (non-hydrogen) atoms. The maximum atomic E-state index is 13.2. The van der Waals surface area contributed by atoms with Gasteiger partial charge in [-0.1, -0.05) is 22.8 Å². The Bertz CT molecular complexity index is 984. The lowest BCUT2D eigenvalue weighted by Gasteiger charge is -2.37. The van der Waals surface area contributed by atoms with E-state index in [1.165, 1.54) is 0 Å². The Morgan fingerprint density at radius 3 is 2.55 bits per heavy atom. The third kappa shape index (κ3) is 6.00. The molecule has 0 aromatic carbocycles. The molecule has 2 aromatic rings. The van der Waals surface area contributed by atoms with Gasteiger partial charge in [0.05, 0.1) is 5.69 Å². The maximum Gasteiger partial charge on any atom is 0.225 e. The van der Waals surface area contributed by atoms with E-state index in [4.69, 9.17) is 22.2 Å². The molecule has 4 heterocycles. The molecular weight excluding hydrogens is 440 g/mol. The Labute approximate surface area is 199 Å². The van der Waals surface area contributed by atoms with Crippen molar-refractivity contribution in [3.05, 3.63) is 52.9 Å². The summed E-state index contributed by atoms with van der Waals surface area (Å²) in [5.41, 5.74) is 8.49. The van der Waals surface area contributed by atoms with Gasteiger partial charge in [0.2, 0.25) is 5.91 Å². The molecule has 2 aromatic heterocycles. The van der Waals surface area contributed by atoms with Gasteiger partial charge in [0.1, 0.15) is 23.8 Å². The van der Waals surface area contributed by atoms with E-state index in [1.807, 2.05) is 29.2 Å². The van der Waals surface area contributed by atoms with Gasteiger partial charge in [0.25, 0.3) is 0 Å². The maximum absolute atomic E-state index is 13.2. The smallest absolute Gasteiger partial charge is 0.225 e. The number of carbonyl (C=O) groups excluding carboxylic acids is 1. The Balaban J connectivity index is 1.28. The number of likely N-dealkylation sites (tertiary alicyclic amines) is 2. The zero-order chi connectivity index (χ0) is 23.2. The number of nitrogen functional groups attached to an aromatic ring is 1. The second kappa shape index (κ2) is 10.9. The van der Waals surface area contributed by atoms with E-state index >= 15 is 0 Å². The lowest BCUT2D eigenvalue weighted by molar-refractivity contribution is -0.138. The third-order valence-corrected chi connectivity index (χ3v) is 6.76. The van der Waals surface area contributed by atoms with Crippen LogP contribution in [0.4, 0.5) is 5.82 Å². The van der Waals surface area contributed by atoms with Crippen LogP contribution in [-0.4, -0.2) is 64.7 Å². The van der Waals surface area contributed by atoms with Crippen LogP contribution in [0.2, 0.25) is 5.15 Å². The van der Waals surface area contributed by atoms with Crippen LogP contribution in [-0.2, 0) is 16.2 Å². The van der Waals surface area contributed by atoms with Gasteiger partial charge in [-0.15, -0.1) is 0 Å². The summed E-state index contributed by atoms with van der Waals surface area (Å²) in [4.78, 5) is 31.1. The zero-order valence-electron chi connectivity index (χ0n) is 19.0. The Kier molecular flexibility index (Phi) is 7.77. The van der Waals surface area contributed by atoms with Crippen LogP contribution in [0.15, 0.2) is 41.7 Å². The number of hydrogen-bond donors (Lipinski definition) is 1. The third-order valence-electron chi connectivity index (χ3n) is 6.55. The van der Waals surface area contributed by atoms with Crippen molar-refractivity contribution < 1.29 is 9.63 Å². The Morgan fingerprint density at radius 1 is 1.15 bits per heavy atom. The van der Waals surface area contributed by atoms with Gasteiger partial charge in [-0.3, -0.25) is 9.69 Å². The van der Waals surface area contributed by atoms with Crippen LogP contribution in [0.1, 0.15) is 36.9 Å². The Morgan fingerprint density at radius 2 is 1.88 bits per heavy atom. The quantitative estimate of drug-likeness (QED) is 0.395. The lowest BCUT2D eigenvalue weighted by atomic mass is 9.88. The molecule has 0 aliphatic carbocycles. The number of nitrogens with zero attached hydrogens (tertiary/aromatic N) is 5. The highest BCUT2D eigenvalue weighted by molar-refractivity contribution is 6.29. The molecular formula is C24H31ClN6O2. The molecule has 2 saturated heterocycles. The second-order valence-electron chi connectivity index (χ2n) is 8.74. The van der Waals surface area contributed by atoms with Gasteiger partial charge in [-0.2, -0.15) is 0 Å². The van der Waals surface area contributed by atoms with Gasteiger partial charge in [-0.25, -0.2) is 9.97 Å². The fourth-order valence-electron chi connectivity index (χ4n) is 4.80. The number of rotatable bonds is 6. The molecule has 8 nitrogen and oxygen atoms in total. The second-order valence-corrected chi connectivity index (χ2v) is 9.13. The average Bonchev–Trinajstić information content (AvgIpc) is 2.83. The highest BCUT2D eigenvalue weighted by atomic mass is 35.5. The molecule has 0 unspecified atom stereocenters. The predicted molar refractivity (Wildman–Crippen MR) is 129 cm³/mol. The van der Waals surface area contributed by atoms with E-state index in [0.717, 1.165) is 75.4 Å². The summed E-state index contributed by atoms with van der Waals surface area (Å²) in [5.74, 6) is 1.12. The van der Waals surface area contributed by atoms with Crippen molar-refractivity contribution in [3.63, 3.8) is 0 Å². The van der Waals surface area contributed by atoms with Crippen LogP contribution in [0.25, 0.3) is 0 Å². The molecule has 9 heteroatoms. The van der Waals surface area contributed by atoms with Gasteiger partial charge < -0.3 is 15.5 Å². The minimum Gasteiger partial charge on any atom is -0.399 e. The molecule has 1 amide bonds. The van der Waals surface area contributed by atoms with Crippen molar-refractivity contribution in [1.29, 1.82) is 0 Å². The number of halogens is 1. The summed E-state index contributed by atoms with van der Waals surface area (Å²) in [6.45, 7) is 4.13. The summed E-state index contributed by atoms with van der Waals surface area (Å²) in [6.07, 6.45) is 5.20. The number of piperidine rings is 2. The molecule has 2 N–H and O–H groups in total. The van der Waals surface area contributed by atoms with Crippen molar-refractivity contribution >= 4 is 29.0 Å². The summed E-state index contributed by atoms with van der Waals surface area (Å²) in [6, 6.07) is 9.42. The average molecular weight is 471 g/mol. The monoisotopic (exact) mass is 470 g/mol. The van der Waals surface area contributed by atoms with Gasteiger partial charge in [0, 0.05) is 37.7 Å². The van der Waals surface area contributed by atoms with E-state index in [0.29, 0.717) is 11.0 Å². The first-order valence-electron chi connectivity index (χ1n) is 11.5. The van der Waals surface area contributed by atoms with Crippen LogP contribution >= 0.6 is 11.6 Å². The normalized spacial score (nSPS) is 19.0. The topological polar surface area (TPSA) is 96.9 Å². The molecule has 0 radical (unpaired) electrons. The van der Waals surface area contributed by atoms with Crippen LogP contribution in [0.3, 0.4) is 0 Å². The number of carbonyl (C=O) groups is 1. The summed E-state index contributed by atoms with van der Waals surface area (Å²) >= 11 is 6.07. The molecule has 176 valence electrons. The van der Waals surface area contributed by atoms with E-state index in [9.17, 15) is 4.79 Å². The summed E-state index contributed by atoms with van der Waals surface area (Å²) in [7, 11) is 1.54. The zero-order valence-corrected chi connectivity index (χ0v) is 19.7. The standard InChI is InChI=1S/C24H31ClN6O2/c1-33-29-23(20-3-2-4-21(25)28-20)18-8-13-31(14-9-18)24(32)19-6-11-30(12-7-19)16-17-5-10-27-22(26)15-17/h2-5,10,15,18-19H,6-9,11-14,16H2,1H3,(H2,26,27)/b29-23+. The number of amides is 1. The summed E-state index contributed by atoms with van der Waals surface area (Å²) in [5, 5.41) is 4.67. The molecule has 2 aliphatic rings. The largest absolute Gasteiger partial charge is 0.399 e. The number of oxime groups is 1. The molecule has 0 atom stereocenters. The number of nitrogens with two attached hydrogens (primary N) is 1. The number of aromatic nitrogens is 2. The van der Waals surface area contributed by atoms with Crippen molar-refractivity contribution in [2.24, 2.45) is 17.0 Å². The minimum absolute atomic E-state index is 0.0991. The van der Waals surface area contributed by atoms with E-state index < -0.39 is 0 Å². The highest BCUT2D eigenvalue weighted by Crippen LogP contribution is 2.27.